The fourth-order valence-corrected chi connectivity index (χ4v) is 3.63. The first-order valence-corrected chi connectivity index (χ1v) is 8.84. The van der Waals surface area contributed by atoms with E-state index in [1.54, 1.807) is 17.8 Å². The van der Waals surface area contributed by atoms with Crippen molar-refractivity contribution in [2.75, 3.05) is 19.5 Å². The zero-order valence-electron chi connectivity index (χ0n) is 15.1. The molecule has 0 amide bonds. The van der Waals surface area contributed by atoms with Crippen molar-refractivity contribution in [1.82, 2.24) is 15.1 Å². The number of thiocarbonyl (C=S) groups is 1. The SMILES string of the molecule is COC(=O)c1sc(NC(=S)NCc2cnn(C)c2C)c(C(=O)OC)c1C. The number of nitrogens with one attached hydrogen (secondary N) is 2. The Morgan fingerprint density at radius 1 is 1.27 bits per heavy atom. The molecule has 2 rings (SSSR count). The number of carbonyl (C=O) groups excluding carboxylic acids is 2. The van der Waals surface area contributed by atoms with E-state index in [0.29, 0.717) is 27.1 Å². The van der Waals surface area contributed by atoms with E-state index >= 15 is 0 Å². The van der Waals surface area contributed by atoms with Crippen LogP contribution in [0.1, 0.15) is 36.9 Å². The number of rotatable bonds is 5. The lowest BCUT2D eigenvalue weighted by Gasteiger charge is -2.10. The van der Waals surface area contributed by atoms with Gasteiger partial charge in [0.1, 0.15) is 9.88 Å². The molecule has 0 aromatic carbocycles. The predicted octanol–water partition coefficient (Wildman–Crippen LogP) is 2.16. The lowest BCUT2D eigenvalue weighted by molar-refractivity contribution is 0.0601. The van der Waals surface area contributed by atoms with Crippen molar-refractivity contribution in [2.45, 2.75) is 20.4 Å². The van der Waals surface area contributed by atoms with Crippen molar-refractivity contribution in [1.29, 1.82) is 0 Å². The van der Waals surface area contributed by atoms with Gasteiger partial charge in [-0.1, -0.05) is 0 Å². The molecule has 0 fully saturated rings. The highest BCUT2D eigenvalue weighted by Gasteiger charge is 2.26. The number of hydrogen-bond donors (Lipinski definition) is 2. The van der Waals surface area contributed by atoms with Crippen LogP contribution in [-0.2, 0) is 23.1 Å². The van der Waals surface area contributed by atoms with Crippen molar-refractivity contribution in [3.8, 4) is 0 Å². The van der Waals surface area contributed by atoms with E-state index in [0.717, 1.165) is 22.6 Å². The maximum absolute atomic E-state index is 12.1. The van der Waals surface area contributed by atoms with E-state index in [4.69, 9.17) is 21.7 Å². The number of carbonyl (C=O) groups is 2. The van der Waals surface area contributed by atoms with Gasteiger partial charge >= 0.3 is 11.9 Å². The molecule has 2 aromatic heterocycles. The Morgan fingerprint density at radius 2 is 1.92 bits per heavy atom. The summed E-state index contributed by atoms with van der Waals surface area (Å²) in [5.41, 5.74) is 2.78. The molecular formula is C16H20N4O4S2. The Bertz CT molecular complexity index is 857. The summed E-state index contributed by atoms with van der Waals surface area (Å²) in [4.78, 5) is 24.3. The van der Waals surface area contributed by atoms with E-state index in [1.807, 2.05) is 14.0 Å². The van der Waals surface area contributed by atoms with Crippen LogP contribution in [0.2, 0.25) is 0 Å². The summed E-state index contributed by atoms with van der Waals surface area (Å²) in [6.45, 7) is 4.10. The number of ether oxygens (including phenoxy) is 2. The summed E-state index contributed by atoms with van der Waals surface area (Å²) >= 11 is 6.39. The largest absolute Gasteiger partial charge is 0.465 e. The highest BCUT2D eigenvalue weighted by atomic mass is 32.1. The number of aromatic nitrogens is 2. The van der Waals surface area contributed by atoms with E-state index < -0.39 is 11.9 Å². The second kappa shape index (κ2) is 8.28. The Morgan fingerprint density at radius 3 is 2.46 bits per heavy atom. The van der Waals surface area contributed by atoms with Crippen molar-refractivity contribution < 1.29 is 19.1 Å². The van der Waals surface area contributed by atoms with Crippen LogP contribution in [0.15, 0.2) is 6.20 Å². The van der Waals surface area contributed by atoms with Crippen LogP contribution in [0.5, 0.6) is 0 Å². The molecule has 0 atom stereocenters. The van der Waals surface area contributed by atoms with Crippen LogP contribution in [-0.4, -0.2) is 41.1 Å². The molecule has 0 radical (unpaired) electrons. The third kappa shape index (κ3) is 4.02. The van der Waals surface area contributed by atoms with E-state index in [-0.39, 0.29) is 5.56 Å². The summed E-state index contributed by atoms with van der Waals surface area (Å²) in [6, 6.07) is 0. The maximum atomic E-state index is 12.1. The molecule has 2 aromatic rings. The minimum Gasteiger partial charge on any atom is -0.465 e. The lowest BCUT2D eigenvalue weighted by Crippen LogP contribution is -2.28. The zero-order valence-corrected chi connectivity index (χ0v) is 16.8. The molecule has 0 aliphatic carbocycles. The first kappa shape index (κ1) is 19.9. The van der Waals surface area contributed by atoms with E-state index in [9.17, 15) is 9.59 Å². The average molecular weight is 396 g/mol. The second-order valence-electron chi connectivity index (χ2n) is 5.43. The van der Waals surface area contributed by atoms with Gasteiger partial charge in [0, 0.05) is 24.8 Å². The predicted molar refractivity (Wildman–Crippen MR) is 103 cm³/mol. The highest BCUT2D eigenvalue weighted by Crippen LogP contribution is 2.34. The van der Waals surface area contributed by atoms with Crippen LogP contribution in [0, 0.1) is 13.8 Å². The number of esters is 2. The third-order valence-electron chi connectivity index (χ3n) is 3.91. The molecule has 26 heavy (non-hydrogen) atoms. The molecule has 2 N–H and O–H groups in total. The minimum absolute atomic E-state index is 0.264. The van der Waals surface area contributed by atoms with Crippen molar-refractivity contribution in [3.05, 3.63) is 33.5 Å². The molecule has 8 nitrogen and oxygen atoms in total. The smallest absolute Gasteiger partial charge is 0.348 e. The average Bonchev–Trinajstić information content (AvgIpc) is 3.11. The summed E-state index contributed by atoms with van der Waals surface area (Å²) in [5, 5.41) is 10.9. The van der Waals surface area contributed by atoms with E-state index in [1.165, 1.54) is 14.2 Å². The Hall–Kier alpha value is -2.46. The van der Waals surface area contributed by atoms with Gasteiger partial charge in [-0.05, 0) is 31.6 Å². The Balaban J connectivity index is 2.19. The van der Waals surface area contributed by atoms with Crippen LogP contribution >= 0.6 is 23.6 Å². The van der Waals surface area contributed by atoms with Gasteiger partial charge in [0.15, 0.2) is 5.11 Å². The topological polar surface area (TPSA) is 94.5 Å². The van der Waals surface area contributed by atoms with Gasteiger partial charge in [-0.25, -0.2) is 9.59 Å². The summed E-state index contributed by atoms with van der Waals surface area (Å²) in [6.07, 6.45) is 1.76. The number of aryl methyl sites for hydroxylation is 1. The first-order chi connectivity index (χ1) is 12.3. The molecular weight excluding hydrogens is 376 g/mol. The van der Waals surface area contributed by atoms with Crippen molar-refractivity contribution in [2.24, 2.45) is 7.05 Å². The molecule has 0 spiro atoms. The second-order valence-corrected chi connectivity index (χ2v) is 6.86. The Kier molecular flexibility index (Phi) is 6.32. The van der Waals surface area contributed by atoms with Gasteiger partial charge in [-0.15, -0.1) is 11.3 Å². The Labute approximate surface area is 160 Å². The third-order valence-corrected chi connectivity index (χ3v) is 5.34. The fraction of sp³-hybridized carbons (Fsp3) is 0.375. The quantitative estimate of drug-likeness (QED) is 0.587. The molecule has 0 aliphatic rings. The van der Waals surface area contributed by atoms with E-state index in [2.05, 4.69) is 15.7 Å². The maximum Gasteiger partial charge on any atom is 0.348 e. The van der Waals surface area contributed by atoms with Crippen LogP contribution in [0.25, 0.3) is 0 Å². The molecule has 0 saturated carbocycles. The molecule has 0 aliphatic heterocycles. The monoisotopic (exact) mass is 396 g/mol. The highest BCUT2D eigenvalue weighted by molar-refractivity contribution is 7.80. The fourth-order valence-electron chi connectivity index (χ4n) is 2.28. The van der Waals surface area contributed by atoms with Crippen LogP contribution < -0.4 is 10.6 Å². The summed E-state index contributed by atoms with van der Waals surface area (Å²) in [7, 11) is 4.43. The van der Waals surface area contributed by atoms with Gasteiger partial charge in [-0.3, -0.25) is 4.68 Å². The molecule has 140 valence electrons. The summed E-state index contributed by atoms with van der Waals surface area (Å²) < 4.78 is 11.3. The molecule has 2 heterocycles. The number of nitrogens with zero attached hydrogens (tertiary/aromatic N) is 2. The molecule has 0 saturated heterocycles. The van der Waals surface area contributed by atoms with Crippen LogP contribution in [0.3, 0.4) is 0 Å². The zero-order chi connectivity index (χ0) is 19.4. The minimum atomic E-state index is -0.553. The molecule has 0 unspecified atom stereocenters. The van der Waals surface area contributed by atoms with Crippen molar-refractivity contribution >= 4 is 45.6 Å². The standard InChI is InChI=1S/C16H20N4O4S2/c1-8-11(14(21)23-4)13(26-12(8)15(22)24-5)19-16(25)17-6-10-7-18-20(3)9(10)2/h7H,6H2,1-5H3,(H2,17,19,25). The van der Waals surface area contributed by atoms with Gasteiger partial charge in [0.25, 0.3) is 0 Å². The van der Waals surface area contributed by atoms with Crippen molar-refractivity contribution in [3.63, 3.8) is 0 Å². The molecule has 10 heteroatoms. The van der Waals surface area contributed by atoms with Gasteiger partial charge in [0.2, 0.25) is 0 Å². The number of anilines is 1. The lowest BCUT2D eigenvalue weighted by atomic mass is 10.1. The normalized spacial score (nSPS) is 10.3. The van der Waals surface area contributed by atoms with Gasteiger partial charge in [0.05, 0.1) is 26.0 Å². The number of methoxy groups -OCH3 is 2. The number of thiophene rings is 1. The van der Waals surface area contributed by atoms with Gasteiger partial charge in [-0.2, -0.15) is 5.10 Å². The molecule has 0 bridgehead atoms. The summed E-state index contributed by atoms with van der Waals surface area (Å²) in [5.74, 6) is -1.07. The number of hydrogen-bond acceptors (Lipinski definition) is 7. The van der Waals surface area contributed by atoms with Crippen LogP contribution in [0.4, 0.5) is 5.00 Å². The van der Waals surface area contributed by atoms with Gasteiger partial charge < -0.3 is 20.1 Å². The first-order valence-electron chi connectivity index (χ1n) is 7.62.